The molecule has 1 aliphatic rings. The molecule has 0 fully saturated rings. The molecule has 1 aromatic rings. The van der Waals surface area contributed by atoms with Crippen molar-refractivity contribution in [3.63, 3.8) is 0 Å². The van der Waals surface area contributed by atoms with Gasteiger partial charge in [-0.15, -0.1) is 0 Å². The average molecular weight is 289 g/mol. The highest BCUT2D eigenvalue weighted by Gasteiger charge is 2.36. The van der Waals surface area contributed by atoms with E-state index in [-0.39, 0.29) is 0 Å². The summed E-state index contributed by atoms with van der Waals surface area (Å²) in [6.45, 7) is 2.01. The summed E-state index contributed by atoms with van der Waals surface area (Å²) in [5.41, 5.74) is 1.46. The summed E-state index contributed by atoms with van der Waals surface area (Å²) < 4.78 is 0.963. The normalized spacial score (nSPS) is 26.1. The van der Waals surface area contributed by atoms with Crippen LogP contribution < -0.4 is 0 Å². The molecule has 1 atom stereocenters. The maximum atomic E-state index is 10.2. The summed E-state index contributed by atoms with van der Waals surface area (Å²) in [6, 6.07) is 4.08. The molecule has 2 rings (SSSR count). The fraction of sp³-hybridized carbons (Fsp3) is 0.500. The SMILES string of the molecule is CC[C@@]1(O)CCc2ccc(I)nc21. The molecule has 1 heterocycles. The van der Waals surface area contributed by atoms with Gasteiger partial charge >= 0.3 is 0 Å². The quantitative estimate of drug-likeness (QED) is 0.635. The van der Waals surface area contributed by atoms with Crippen molar-refractivity contribution in [2.75, 3.05) is 0 Å². The first-order valence-corrected chi connectivity index (χ1v) is 5.62. The molecule has 1 aromatic heterocycles. The summed E-state index contributed by atoms with van der Waals surface area (Å²) >= 11 is 2.18. The second-order valence-corrected chi connectivity index (χ2v) is 4.63. The van der Waals surface area contributed by atoms with Crippen LogP contribution in [0, 0.1) is 3.70 Å². The molecule has 0 amide bonds. The summed E-state index contributed by atoms with van der Waals surface area (Å²) in [7, 11) is 0. The van der Waals surface area contributed by atoms with Crippen LogP contribution in [-0.2, 0) is 12.0 Å². The lowest BCUT2D eigenvalue weighted by molar-refractivity contribution is 0.0305. The zero-order valence-electron chi connectivity index (χ0n) is 7.55. The van der Waals surface area contributed by atoms with E-state index in [0.29, 0.717) is 0 Å². The lowest BCUT2D eigenvalue weighted by Gasteiger charge is -2.20. The second-order valence-electron chi connectivity index (χ2n) is 3.53. The van der Waals surface area contributed by atoms with Crippen molar-refractivity contribution in [3.8, 4) is 0 Å². The van der Waals surface area contributed by atoms with Crippen LogP contribution in [0.1, 0.15) is 31.0 Å². The summed E-state index contributed by atoms with van der Waals surface area (Å²) in [6.07, 6.45) is 2.54. The van der Waals surface area contributed by atoms with Crippen LogP contribution in [0.5, 0.6) is 0 Å². The number of rotatable bonds is 1. The van der Waals surface area contributed by atoms with Crippen molar-refractivity contribution in [3.05, 3.63) is 27.1 Å². The van der Waals surface area contributed by atoms with E-state index in [2.05, 4.69) is 33.6 Å². The molecule has 1 aliphatic carbocycles. The van der Waals surface area contributed by atoms with Gasteiger partial charge in [-0.25, -0.2) is 4.98 Å². The van der Waals surface area contributed by atoms with Crippen LogP contribution in [0.2, 0.25) is 0 Å². The van der Waals surface area contributed by atoms with Crippen LogP contribution in [0.25, 0.3) is 0 Å². The van der Waals surface area contributed by atoms with Gasteiger partial charge < -0.3 is 5.11 Å². The van der Waals surface area contributed by atoms with Crippen molar-refractivity contribution < 1.29 is 5.11 Å². The predicted molar refractivity (Wildman–Crippen MR) is 59.5 cm³/mol. The number of hydrogen-bond acceptors (Lipinski definition) is 2. The number of pyridine rings is 1. The van der Waals surface area contributed by atoms with Gasteiger partial charge in [0.15, 0.2) is 0 Å². The van der Waals surface area contributed by atoms with Gasteiger partial charge in [-0.1, -0.05) is 13.0 Å². The molecule has 0 saturated carbocycles. The third-order valence-corrected chi connectivity index (χ3v) is 3.38. The highest BCUT2D eigenvalue weighted by molar-refractivity contribution is 14.1. The first-order valence-electron chi connectivity index (χ1n) is 4.54. The molecule has 0 radical (unpaired) electrons. The maximum Gasteiger partial charge on any atom is 0.107 e. The third-order valence-electron chi connectivity index (χ3n) is 2.78. The fourth-order valence-electron chi connectivity index (χ4n) is 1.87. The maximum absolute atomic E-state index is 10.2. The van der Waals surface area contributed by atoms with Gasteiger partial charge in [0.1, 0.15) is 9.30 Å². The number of aliphatic hydroxyl groups is 1. The Hall–Kier alpha value is -0.160. The largest absolute Gasteiger partial charge is 0.384 e. The Labute approximate surface area is 91.5 Å². The van der Waals surface area contributed by atoms with Crippen LogP contribution in [0.4, 0.5) is 0 Å². The molecule has 0 spiro atoms. The Morgan fingerprint density at radius 3 is 3.08 bits per heavy atom. The molecular weight excluding hydrogens is 277 g/mol. The zero-order valence-corrected chi connectivity index (χ0v) is 9.71. The molecule has 0 bridgehead atoms. The molecular formula is C10H12INO. The van der Waals surface area contributed by atoms with Gasteiger partial charge in [-0.3, -0.25) is 0 Å². The van der Waals surface area contributed by atoms with Gasteiger partial charge in [0.25, 0.3) is 0 Å². The number of aryl methyl sites for hydroxylation is 1. The van der Waals surface area contributed by atoms with Crippen LogP contribution in [0.3, 0.4) is 0 Å². The van der Waals surface area contributed by atoms with E-state index < -0.39 is 5.60 Å². The molecule has 3 heteroatoms. The molecule has 0 aliphatic heterocycles. The Morgan fingerprint density at radius 2 is 2.38 bits per heavy atom. The molecule has 70 valence electrons. The molecule has 0 unspecified atom stereocenters. The van der Waals surface area contributed by atoms with Gasteiger partial charge in [0, 0.05) is 0 Å². The summed E-state index contributed by atoms with van der Waals surface area (Å²) in [5, 5.41) is 10.2. The van der Waals surface area contributed by atoms with E-state index in [0.717, 1.165) is 28.7 Å². The first-order chi connectivity index (χ1) is 6.15. The Bertz CT molecular complexity index is 340. The number of hydrogen-bond donors (Lipinski definition) is 1. The van der Waals surface area contributed by atoms with Crippen molar-refractivity contribution in [2.45, 2.75) is 31.8 Å². The van der Waals surface area contributed by atoms with E-state index in [1.165, 1.54) is 5.56 Å². The minimum Gasteiger partial charge on any atom is -0.384 e. The van der Waals surface area contributed by atoms with Gasteiger partial charge in [-0.2, -0.15) is 0 Å². The topological polar surface area (TPSA) is 33.1 Å². The predicted octanol–water partition coefficient (Wildman–Crippen LogP) is 2.23. The highest BCUT2D eigenvalue weighted by atomic mass is 127. The smallest absolute Gasteiger partial charge is 0.107 e. The van der Waals surface area contributed by atoms with Crippen molar-refractivity contribution >= 4 is 22.6 Å². The molecule has 2 nitrogen and oxygen atoms in total. The standard InChI is InChI=1S/C10H12INO/c1-2-10(13)6-5-7-3-4-8(11)12-9(7)10/h3-4,13H,2,5-6H2,1H3/t10-/m1/s1. The van der Waals surface area contributed by atoms with Crippen molar-refractivity contribution in [1.29, 1.82) is 0 Å². The van der Waals surface area contributed by atoms with E-state index in [1.54, 1.807) is 0 Å². The van der Waals surface area contributed by atoms with Crippen LogP contribution in [-0.4, -0.2) is 10.1 Å². The highest BCUT2D eigenvalue weighted by Crippen LogP contribution is 2.37. The number of aromatic nitrogens is 1. The third kappa shape index (κ3) is 1.48. The van der Waals surface area contributed by atoms with Gasteiger partial charge in [-0.05, 0) is 53.5 Å². The second kappa shape index (κ2) is 3.20. The number of fused-ring (bicyclic) bond motifs is 1. The average Bonchev–Trinajstić information content (AvgIpc) is 2.45. The van der Waals surface area contributed by atoms with Gasteiger partial charge in [0.2, 0.25) is 0 Å². The molecule has 0 saturated heterocycles. The Balaban J connectivity index is 2.52. The van der Waals surface area contributed by atoms with Crippen LogP contribution in [0.15, 0.2) is 12.1 Å². The molecule has 1 N–H and O–H groups in total. The monoisotopic (exact) mass is 289 g/mol. The molecule has 13 heavy (non-hydrogen) atoms. The van der Waals surface area contributed by atoms with E-state index in [9.17, 15) is 5.11 Å². The van der Waals surface area contributed by atoms with Crippen LogP contribution >= 0.6 is 22.6 Å². The van der Waals surface area contributed by atoms with Crippen molar-refractivity contribution in [2.24, 2.45) is 0 Å². The minimum atomic E-state index is -0.656. The lowest BCUT2D eigenvalue weighted by atomic mass is 9.98. The number of nitrogens with zero attached hydrogens (tertiary/aromatic N) is 1. The molecule has 0 aromatic carbocycles. The Kier molecular flexibility index (Phi) is 2.32. The number of halogens is 1. The van der Waals surface area contributed by atoms with Crippen molar-refractivity contribution in [1.82, 2.24) is 4.98 Å². The minimum absolute atomic E-state index is 0.656. The van der Waals surface area contributed by atoms with Gasteiger partial charge in [0.05, 0.1) is 5.69 Å². The van der Waals surface area contributed by atoms with E-state index >= 15 is 0 Å². The lowest BCUT2D eigenvalue weighted by Crippen LogP contribution is -2.22. The Morgan fingerprint density at radius 1 is 1.62 bits per heavy atom. The summed E-state index contributed by atoms with van der Waals surface area (Å²) in [4.78, 5) is 4.41. The van der Waals surface area contributed by atoms with E-state index in [4.69, 9.17) is 0 Å². The van der Waals surface area contributed by atoms with E-state index in [1.807, 2.05) is 13.0 Å². The first kappa shape index (κ1) is 9.40. The fourth-order valence-corrected chi connectivity index (χ4v) is 2.29. The zero-order chi connectivity index (χ0) is 9.47. The summed E-state index contributed by atoms with van der Waals surface area (Å²) in [5.74, 6) is 0.